The molecule has 0 N–H and O–H groups in total. The third-order valence-corrected chi connectivity index (χ3v) is 5.02. The monoisotopic (exact) mass is 294 g/mol. The van der Waals surface area contributed by atoms with Gasteiger partial charge in [-0.1, -0.05) is 35.9 Å². The molecule has 0 saturated heterocycles. The predicted molar refractivity (Wildman–Crippen MR) is 78.3 cm³/mol. The molecule has 0 saturated carbocycles. The van der Waals surface area contributed by atoms with E-state index in [2.05, 4.69) is 0 Å². The first-order chi connectivity index (χ1) is 8.88. The standard InChI is InChI=1S/C15H15ClO2S/c1-11-3-4-12(2)15(9-11)19(17,18)10-13-5-7-14(16)8-6-13/h3-9H,10H2,1-2H3. The lowest BCUT2D eigenvalue weighted by Crippen LogP contribution is -2.07. The predicted octanol–water partition coefficient (Wildman–Crippen LogP) is 3.93. The molecule has 19 heavy (non-hydrogen) atoms. The number of hydrogen-bond acceptors (Lipinski definition) is 2. The molecule has 100 valence electrons. The van der Waals surface area contributed by atoms with Crippen molar-refractivity contribution in [3.8, 4) is 0 Å². The quantitative estimate of drug-likeness (QED) is 0.859. The molecule has 4 heteroatoms. The van der Waals surface area contributed by atoms with E-state index in [9.17, 15) is 8.42 Å². The van der Waals surface area contributed by atoms with Crippen LogP contribution in [-0.2, 0) is 15.6 Å². The van der Waals surface area contributed by atoms with E-state index in [4.69, 9.17) is 11.6 Å². The lowest BCUT2D eigenvalue weighted by atomic mass is 10.2. The van der Waals surface area contributed by atoms with Crippen LogP contribution in [0, 0.1) is 13.8 Å². The maximum Gasteiger partial charge on any atom is 0.182 e. The number of rotatable bonds is 3. The Morgan fingerprint density at radius 3 is 2.26 bits per heavy atom. The molecule has 0 bridgehead atoms. The van der Waals surface area contributed by atoms with Gasteiger partial charge in [-0.3, -0.25) is 0 Å². The summed E-state index contributed by atoms with van der Waals surface area (Å²) in [6, 6.07) is 12.4. The molecular weight excluding hydrogens is 280 g/mol. The summed E-state index contributed by atoms with van der Waals surface area (Å²) in [6.07, 6.45) is 0. The zero-order chi connectivity index (χ0) is 14.0. The summed E-state index contributed by atoms with van der Waals surface area (Å²) in [4.78, 5) is 0.405. The van der Waals surface area contributed by atoms with Crippen LogP contribution in [0.1, 0.15) is 16.7 Å². The molecule has 2 nitrogen and oxygen atoms in total. The van der Waals surface area contributed by atoms with Crippen LogP contribution in [-0.4, -0.2) is 8.42 Å². The van der Waals surface area contributed by atoms with Crippen LogP contribution in [0.15, 0.2) is 47.4 Å². The van der Waals surface area contributed by atoms with Gasteiger partial charge in [0.05, 0.1) is 10.6 Å². The SMILES string of the molecule is Cc1ccc(C)c(S(=O)(=O)Cc2ccc(Cl)cc2)c1. The molecule has 0 aliphatic heterocycles. The van der Waals surface area contributed by atoms with Crippen LogP contribution in [0.3, 0.4) is 0 Å². The van der Waals surface area contributed by atoms with Crippen LogP contribution in [0.2, 0.25) is 5.02 Å². The van der Waals surface area contributed by atoms with Gasteiger partial charge in [0.2, 0.25) is 0 Å². The zero-order valence-corrected chi connectivity index (χ0v) is 12.4. The van der Waals surface area contributed by atoms with Gasteiger partial charge >= 0.3 is 0 Å². The Labute approximate surface area is 119 Å². The Bertz CT molecular complexity index is 689. The second-order valence-electron chi connectivity index (χ2n) is 4.65. The minimum absolute atomic E-state index is 0.00549. The molecule has 0 unspecified atom stereocenters. The lowest BCUT2D eigenvalue weighted by Gasteiger charge is -2.09. The first-order valence-corrected chi connectivity index (χ1v) is 7.96. The maximum atomic E-state index is 12.4. The van der Waals surface area contributed by atoms with Crippen molar-refractivity contribution < 1.29 is 8.42 Å². The summed E-state index contributed by atoms with van der Waals surface area (Å²) in [5.74, 6) is -0.00549. The highest BCUT2D eigenvalue weighted by molar-refractivity contribution is 7.90. The summed E-state index contributed by atoms with van der Waals surface area (Å²) in [5.41, 5.74) is 2.46. The molecule has 2 aromatic carbocycles. The Kier molecular flexibility index (Phi) is 3.97. The molecule has 0 fully saturated rings. The van der Waals surface area contributed by atoms with Crippen molar-refractivity contribution in [2.75, 3.05) is 0 Å². The molecule has 0 heterocycles. The molecule has 0 aromatic heterocycles. The average molecular weight is 295 g/mol. The third-order valence-electron chi connectivity index (χ3n) is 2.95. The largest absolute Gasteiger partial charge is 0.223 e. The molecular formula is C15H15ClO2S. The van der Waals surface area contributed by atoms with E-state index in [0.29, 0.717) is 9.92 Å². The Morgan fingerprint density at radius 2 is 1.63 bits per heavy atom. The first-order valence-electron chi connectivity index (χ1n) is 5.93. The van der Waals surface area contributed by atoms with Gasteiger partial charge in [0.1, 0.15) is 0 Å². The van der Waals surface area contributed by atoms with Crippen LogP contribution >= 0.6 is 11.6 Å². The van der Waals surface area contributed by atoms with E-state index in [1.807, 2.05) is 26.0 Å². The van der Waals surface area contributed by atoms with Crippen molar-refractivity contribution in [3.05, 3.63) is 64.2 Å². The van der Waals surface area contributed by atoms with Gasteiger partial charge < -0.3 is 0 Å². The van der Waals surface area contributed by atoms with Gasteiger partial charge in [0.25, 0.3) is 0 Å². The minimum atomic E-state index is -3.32. The second kappa shape index (κ2) is 5.35. The van der Waals surface area contributed by atoms with E-state index in [1.165, 1.54) is 0 Å². The summed E-state index contributed by atoms with van der Waals surface area (Å²) >= 11 is 5.80. The van der Waals surface area contributed by atoms with E-state index in [1.54, 1.807) is 30.3 Å². The fraction of sp³-hybridized carbons (Fsp3) is 0.200. The highest BCUT2D eigenvalue weighted by Gasteiger charge is 2.17. The van der Waals surface area contributed by atoms with Crippen molar-refractivity contribution in [3.63, 3.8) is 0 Å². The molecule has 2 rings (SSSR count). The van der Waals surface area contributed by atoms with Gasteiger partial charge in [0.15, 0.2) is 9.84 Å². The summed E-state index contributed by atoms with van der Waals surface area (Å²) in [5, 5.41) is 0.605. The van der Waals surface area contributed by atoms with Gasteiger partial charge in [-0.25, -0.2) is 8.42 Å². The van der Waals surface area contributed by atoms with Crippen molar-refractivity contribution >= 4 is 21.4 Å². The van der Waals surface area contributed by atoms with Crippen molar-refractivity contribution in [1.82, 2.24) is 0 Å². The average Bonchev–Trinajstić information content (AvgIpc) is 2.35. The van der Waals surface area contributed by atoms with E-state index in [-0.39, 0.29) is 5.75 Å². The van der Waals surface area contributed by atoms with E-state index in [0.717, 1.165) is 16.7 Å². The lowest BCUT2D eigenvalue weighted by molar-refractivity contribution is 0.594. The Hall–Kier alpha value is -1.32. The molecule has 0 atom stereocenters. The Morgan fingerprint density at radius 1 is 1.00 bits per heavy atom. The molecule has 2 aromatic rings. The normalized spacial score (nSPS) is 11.5. The second-order valence-corrected chi connectivity index (χ2v) is 7.05. The van der Waals surface area contributed by atoms with Crippen LogP contribution in [0.5, 0.6) is 0 Å². The van der Waals surface area contributed by atoms with Crippen LogP contribution in [0.25, 0.3) is 0 Å². The van der Waals surface area contributed by atoms with Crippen LogP contribution in [0.4, 0.5) is 0 Å². The number of hydrogen-bond donors (Lipinski definition) is 0. The minimum Gasteiger partial charge on any atom is -0.223 e. The highest BCUT2D eigenvalue weighted by atomic mass is 35.5. The van der Waals surface area contributed by atoms with E-state index < -0.39 is 9.84 Å². The topological polar surface area (TPSA) is 34.1 Å². The number of aryl methyl sites for hydroxylation is 2. The Balaban J connectivity index is 2.37. The third kappa shape index (κ3) is 3.37. The van der Waals surface area contributed by atoms with Crippen molar-refractivity contribution in [2.45, 2.75) is 24.5 Å². The van der Waals surface area contributed by atoms with Gasteiger partial charge in [0, 0.05) is 5.02 Å². The summed E-state index contributed by atoms with van der Waals surface area (Å²) in [7, 11) is -3.32. The highest BCUT2D eigenvalue weighted by Crippen LogP contribution is 2.22. The molecule has 0 radical (unpaired) electrons. The number of sulfone groups is 1. The fourth-order valence-corrected chi connectivity index (χ4v) is 3.76. The molecule has 0 spiro atoms. The molecule has 0 aliphatic carbocycles. The fourth-order valence-electron chi connectivity index (χ4n) is 1.92. The number of halogens is 1. The van der Waals surface area contributed by atoms with Gasteiger partial charge in [-0.05, 0) is 48.7 Å². The summed E-state index contributed by atoms with van der Waals surface area (Å²) in [6.45, 7) is 3.70. The van der Waals surface area contributed by atoms with Gasteiger partial charge in [-0.15, -0.1) is 0 Å². The van der Waals surface area contributed by atoms with Crippen LogP contribution < -0.4 is 0 Å². The molecule has 0 aliphatic rings. The van der Waals surface area contributed by atoms with E-state index >= 15 is 0 Å². The maximum absolute atomic E-state index is 12.4. The molecule has 0 amide bonds. The summed E-state index contributed by atoms with van der Waals surface area (Å²) < 4.78 is 24.9. The number of benzene rings is 2. The van der Waals surface area contributed by atoms with Gasteiger partial charge in [-0.2, -0.15) is 0 Å². The smallest absolute Gasteiger partial charge is 0.182 e. The van der Waals surface area contributed by atoms with Crippen molar-refractivity contribution in [1.29, 1.82) is 0 Å². The van der Waals surface area contributed by atoms with Crippen molar-refractivity contribution in [2.24, 2.45) is 0 Å². The zero-order valence-electron chi connectivity index (χ0n) is 10.9. The first kappa shape index (κ1) is 14.1.